The maximum atomic E-state index is 16.9. The number of fused-ring (bicyclic) bond motifs is 1. The molecule has 5 rings (SSSR count). The van der Waals surface area contributed by atoms with Gasteiger partial charge in [-0.15, -0.1) is 0 Å². The highest BCUT2D eigenvalue weighted by Crippen LogP contribution is 2.51. The number of amides is 1. The molecule has 7 nitrogen and oxygen atoms in total. The van der Waals surface area contributed by atoms with E-state index in [4.69, 9.17) is 25.8 Å². The largest absolute Gasteiger partial charge is 0.496 e. The minimum absolute atomic E-state index is 0.0351. The molecule has 41 heavy (non-hydrogen) atoms. The van der Waals surface area contributed by atoms with Crippen molar-refractivity contribution in [2.45, 2.75) is 18.4 Å². The normalized spacial score (nSPS) is 19.3. The van der Waals surface area contributed by atoms with E-state index in [-0.39, 0.29) is 33.1 Å². The van der Waals surface area contributed by atoms with Gasteiger partial charge in [0.05, 0.1) is 37.1 Å². The summed E-state index contributed by atoms with van der Waals surface area (Å²) in [5, 5.41) is 0.0843. The van der Waals surface area contributed by atoms with E-state index in [1.165, 1.54) is 25.3 Å². The standard InChI is InChI=1S/C29H25ClF4N2O5/c1-39-25-9-7-21(30)15-23(25)28(31)22-8-6-20(29(32,33)34)14-24(22)36(27(28)38)17-41-26(37)19-4-2-18(3-5-19)16-35-10-12-40-13-11-35/h2-9,14-15H,10-13,16-17H2,1H3/t28-/m0/s1. The van der Waals surface area contributed by atoms with Crippen LogP contribution in [0.3, 0.4) is 0 Å². The van der Waals surface area contributed by atoms with Crippen LogP contribution in [0.2, 0.25) is 5.02 Å². The lowest BCUT2D eigenvalue weighted by Crippen LogP contribution is -2.40. The van der Waals surface area contributed by atoms with Gasteiger partial charge in [0.15, 0.2) is 6.73 Å². The molecule has 0 aliphatic carbocycles. The Morgan fingerprint density at radius 3 is 2.39 bits per heavy atom. The van der Waals surface area contributed by atoms with Gasteiger partial charge < -0.3 is 14.2 Å². The first-order valence-corrected chi connectivity index (χ1v) is 13.0. The van der Waals surface area contributed by atoms with Gasteiger partial charge in [-0.05, 0) is 48.0 Å². The summed E-state index contributed by atoms with van der Waals surface area (Å²) >= 11 is 6.07. The van der Waals surface area contributed by atoms with Gasteiger partial charge >= 0.3 is 12.1 Å². The van der Waals surface area contributed by atoms with Gasteiger partial charge in [0.1, 0.15) is 5.75 Å². The molecule has 3 aromatic carbocycles. The molecule has 2 heterocycles. The molecule has 216 valence electrons. The fourth-order valence-electron chi connectivity index (χ4n) is 4.94. The van der Waals surface area contributed by atoms with Gasteiger partial charge in [-0.1, -0.05) is 29.8 Å². The highest BCUT2D eigenvalue weighted by Gasteiger charge is 2.55. The van der Waals surface area contributed by atoms with Crippen LogP contribution in [-0.2, 0) is 32.7 Å². The lowest BCUT2D eigenvalue weighted by Gasteiger charge is -2.26. The van der Waals surface area contributed by atoms with Crippen LogP contribution in [0.4, 0.5) is 23.2 Å². The van der Waals surface area contributed by atoms with Crippen molar-refractivity contribution in [2.75, 3.05) is 45.0 Å². The quantitative estimate of drug-likeness (QED) is 0.264. The Hall–Kier alpha value is -3.67. The summed E-state index contributed by atoms with van der Waals surface area (Å²) in [7, 11) is 1.26. The number of anilines is 1. The second-order valence-electron chi connectivity index (χ2n) is 9.61. The highest BCUT2D eigenvalue weighted by molar-refractivity contribution is 6.30. The molecule has 0 bridgehead atoms. The number of carbonyl (C=O) groups is 2. The van der Waals surface area contributed by atoms with Crippen molar-refractivity contribution in [1.29, 1.82) is 0 Å². The molecule has 0 N–H and O–H groups in total. The third-order valence-electron chi connectivity index (χ3n) is 7.08. The first-order valence-electron chi connectivity index (χ1n) is 12.6. The lowest BCUT2D eigenvalue weighted by molar-refractivity contribution is -0.137. The Bertz CT molecular complexity index is 1460. The minimum atomic E-state index is -4.77. The van der Waals surface area contributed by atoms with Crippen LogP contribution >= 0.6 is 11.6 Å². The number of alkyl halides is 4. The average molecular weight is 593 g/mol. The summed E-state index contributed by atoms with van der Waals surface area (Å²) in [6.45, 7) is 2.74. The topological polar surface area (TPSA) is 68.3 Å². The van der Waals surface area contributed by atoms with Crippen LogP contribution in [0, 0.1) is 0 Å². The highest BCUT2D eigenvalue weighted by atomic mass is 35.5. The molecule has 3 aromatic rings. The maximum Gasteiger partial charge on any atom is 0.416 e. The average Bonchev–Trinajstić information content (AvgIpc) is 3.18. The fraction of sp³-hybridized carbons (Fsp3) is 0.310. The van der Waals surface area contributed by atoms with E-state index >= 15 is 4.39 Å². The molecule has 0 saturated carbocycles. The number of hydrogen-bond acceptors (Lipinski definition) is 6. The van der Waals surface area contributed by atoms with Crippen LogP contribution in [0.15, 0.2) is 60.7 Å². The summed E-state index contributed by atoms with van der Waals surface area (Å²) in [4.78, 5) is 29.3. The van der Waals surface area contributed by atoms with Crippen LogP contribution in [-0.4, -0.2) is 56.9 Å². The first kappa shape index (κ1) is 28.8. The SMILES string of the molecule is COc1ccc(Cl)cc1[C@]1(F)C(=O)N(COC(=O)c2ccc(CN3CCOCC3)cc2)c2cc(C(F)(F)F)ccc21. The molecule has 1 fully saturated rings. The molecule has 0 spiro atoms. The molecule has 2 aliphatic heterocycles. The van der Waals surface area contributed by atoms with Crippen LogP contribution in [0.1, 0.15) is 32.6 Å². The Kier molecular flexibility index (Phi) is 7.95. The molecule has 2 aliphatic rings. The molecule has 0 aromatic heterocycles. The Balaban J connectivity index is 1.41. The van der Waals surface area contributed by atoms with E-state index in [1.807, 2.05) is 0 Å². The molecule has 1 atom stereocenters. The number of nitrogens with zero attached hydrogens (tertiary/aromatic N) is 2. The van der Waals surface area contributed by atoms with Gasteiger partial charge in [0, 0.05) is 35.8 Å². The van der Waals surface area contributed by atoms with Gasteiger partial charge in [-0.2, -0.15) is 13.2 Å². The third kappa shape index (κ3) is 5.61. The van der Waals surface area contributed by atoms with E-state index in [0.29, 0.717) is 36.8 Å². The Labute approximate surface area is 238 Å². The second kappa shape index (κ2) is 11.3. The van der Waals surface area contributed by atoms with Crippen LogP contribution in [0.25, 0.3) is 0 Å². The number of esters is 1. The lowest BCUT2D eigenvalue weighted by atomic mass is 9.88. The van der Waals surface area contributed by atoms with E-state index in [1.54, 1.807) is 24.3 Å². The molecule has 12 heteroatoms. The van der Waals surface area contributed by atoms with Crippen molar-refractivity contribution in [1.82, 2.24) is 4.90 Å². The van der Waals surface area contributed by atoms with Crippen LogP contribution < -0.4 is 9.64 Å². The van der Waals surface area contributed by atoms with E-state index < -0.39 is 36.0 Å². The summed E-state index contributed by atoms with van der Waals surface area (Å²) < 4.78 is 73.4. The van der Waals surface area contributed by atoms with E-state index in [9.17, 15) is 22.8 Å². The number of hydrogen-bond donors (Lipinski definition) is 0. The molecular weight excluding hydrogens is 568 g/mol. The molecule has 1 amide bonds. The Morgan fingerprint density at radius 2 is 1.73 bits per heavy atom. The predicted molar refractivity (Wildman–Crippen MR) is 142 cm³/mol. The zero-order valence-electron chi connectivity index (χ0n) is 21.8. The van der Waals surface area contributed by atoms with E-state index in [2.05, 4.69) is 4.90 Å². The van der Waals surface area contributed by atoms with Crippen LogP contribution in [0.5, 0.6) is 5.75 Å². The second-order valence-corrected chi connectivity index (χ2v) is 10.0. The summed E-state index contributed by atoms with van der Waals surface area (Å²) in [6.07, 6.45) is -4.77. The van der Waals surface area contributed by atoms with Gasteiger partial charge in [0.25, 0.3) is 5.91 Å². The number of benzene rings is 3. The predicted octanol–water partition coefficient (Wildman–Crippen LogP) is 5.57. The van der Waals surface area contributed by atoms with Gasteiger partial charge in [0.2, 0.25) is 5.67 Å². The van der Waals surface area contributed by atoms with Crippen molar-refractivity contribution in [3.05, 3.63) is 93.5 Å². The number of carbonyl (C=O) groups excluding carboxylic acids is 2. The van der Waals surface area contributed by atoms with Crippen molar-refractivity contribution in [2.24, 2.45) is 0 Å². The molecule has 0 unspecified atom stereocenters. The Morgan fingerprint density at radius 1 is 1.02 bits per heavy atom. The summed E-state index contributed by atoms with van der Waals surface area (Å²) in [5.74, 6) is -2.12. The number of methoxy groups -OCH3 is 1. The zero-order chi connectivity index (χ0) is 29.4. The number of ether oxygens (including phenoxy) is 3. The summed E-state index contributed by atoms with van der Waals surface area (Å²) in [5.41, 5.74) is -3.97. The third-order valence-corrected chi connectivity index (χ3v) is 7.32. The van der Waals surface area contributed by atoms with Crippen molar-refractivity contribution < 1.29 is 41.4 Å². The fourth-order valence-corrected chi connectivity index (χ4v) is 5.11. The smallest absolute Gasteiger partial charge is 0.416 e. The maximum absolute atomic E-state index is 16.9. The molecule has 0 radical (unpaired) electrons. The minimum Gasteiger partial charge on any atom is -0.496 e. The molecular formula is C29H25ClF4N2O5. The number of morpholine rings is 1. The zero-order valence-corrected chi connectivity index (χ0v) is 22.6. The monoisotopic (exact) mass is 592 g/mol. The van der Waals surface area contributed by atoms with Gasteiger partial charge in [-0.3, -0.25) is 14.6 Å². The van der Waals surface area contributed by atoms with Crippen molar-refractivity contribution in [3.63, 3.8) is 0 Å². The van der Waals surface area contributed by atoms with Crippen molar-refractivity contribution in [3.8, 4) is 5.75 Å². The van der Waals surface area contributed by atoms with Gasteiger partial charge in [-0.25, -0.2) is 9.18 Å². The number of rotatable bonds is 7. The van der Waals surface area contributed by atoms with Crippen molar-refractivity contribution >= 4 is 29.2 Å². The van der Waals surface area contributed by atoms with E-state index in [0.717, 1.165) is 24.7 Å². The first-order chi connectivity index (χ1) is 19.5. The number of halogens is 5. The summed E-state index contributed by atoms with van der Waals surface area (Å²) in [6, 6.07) is 12.8. The molecule has 1 saturated heterocycles.